The fourth-order valence-electron chi connectivity index (χ4n) is 2.56. The summed E-state index contributed by atoms with van der Waals surface area (Å²) in [6.45, 7) is 2.95. The van der Waals surface area contributed by atoms with Crippen molar-refractivity contribution in [3.8, 4) is 22.8 Å². The minimum absolute atomic E-state index is 0.0462. The van der Waals surface area contributed by atoms with E-state index in [0.717, 1.165) is 24.0 Å². The number of carbonyl (C=O) groups is 1. The summed E-state index contributed by atoms with van der Waals surface area (Å²) in [5, 5.41) is 7.50. The molecule has 0 aliphatic heterocycles. The highest BCUT2D eigenvalue weighted by Crippen LogP contribution is 2.22. The third-order valence-corrected chi connectivity index (χ3v) is 3.88. The zero-order chi connectivity index (χ0) is 17.5. The maximum Gasteiger partial charge on any atom is 0.241 e. The number of hydrogen-bond donors (Lipinski definition) is 1. The predicted molar refractivity (Wildman–Crippen MR) is 98.8 cm³/mol. The quantitative estimate of drug-likeness (QED) is 0.673. The van der Waals surface area contributed by atoms with E-state index in [1.807, 2.05) is 60.7 Å². The summed E-state index contributed by atoms with van der Waals surface area (Å²) in [5.74, 6) is 1.28. The summed E-state index contributed by atoms with van der Waals surface area (Å²) in [4.78, 5) is 16.9. The van der Waals surface area contributed by atoms with Crippen LogP contribution < -0.4 is 5.32 Å². The Balaban J connectivity index is 1.89. The van der Waals surface area contributed by atoms with E-state index in [0.29, 0.717) is 18.2 Å². The summed E-state index contributed by atoms with van der Waals surface area (Å²) < 4.78 is 1.68. The minimum Gasteiger partial charge on any atom is -0.354 e. The second kappa shape index (κ2) is 8.24. The van der Waals surface area contributed by atoms with Crippen molar-refractivity contribution in [3.63, 3.8) is 0 Å². The second-order valence-corrected chi connectivity index (χ2v) is 5.85. The molecule has 0 unspecified atom stereocenters. The minimum atomic E-state index is -0.0462. The Hall–Kier alpha value is -2.95. The number of unbranched alkanes of at least 4 members (excludes halogenated alkanes) is 1. The highest BCUT2D eigenvalue weighted by molar-refractivity contribution is 5.76. The molecule has 1 amide bonds. The van der Waals surface area contributed by atoms with E-state index < -0.39 is 0 Å². The van der Waals surface area contributed by atoms with Crippen LogP contribution >= 0.6 is 0 Å². The van der Waals surface area contributed by atoms with Gasteiger partial charge in [0.2, 0.25) is 5.91 Å². The number of rotatable bonds is 7. The highest BCUT2D eigenvalue weighted by atomic mass is 16.2. The molecule has 0 bridgehead atoms. The van der Waals surface area contributed by atoms with E-state index in [1.54, 1.807) is 4.68 Å². The van der Waals surface area contributed by atoms with Gasteiger partial charge in [0.25, 0.3) is 0 Å². The first-order valence-electron chi connectivity index (χ1n) is 8.60. The molecule has 0 saturated heterocycles. The van der Waals surface area contributed by atoms with Gasteiger partial charge in [-0.05, 0) is 6.42 Å². The van der Waals surface area contributed by atoms with Crippen molar-refractivity contribution in [2.45, 2.75) is 26.3 Å². The Labute approximate surface area is 147 Å². The normalized spacial score (nSPS) is 10.6. The molecular weight excluding hydrogens is 312 g/mol. The van der Waals surface area contributed by atoms with Gasteiger partial charge in [-0.3, -0.25) is 4.79 Å². The first-order valence-corrected chi connectivity index (χ1v) is 8.60. The van der Waals surface area contributed by atoms with Crippen LogP contribution in [0.15, 0.2) is 60.7 Å². The molecule has 3 aromatic rings. The van der Waals surface area contributed by atoms with Crippen molar-refractivity contribution < 1.29 is 4.79 Å². The average Bonchev–Trinajstić information content (AvgIpc) is 3.07. The summed E-state index contributed by atoms with van der Waals surface area (Å²) in [7, 11) is 0. The van der Waals surface area contributed by atoms with Crippen molar-refractivity contribution in [1.82, 2.24) is 20.1 Å². The largest absolute Gasteiger partial charge is 0.354 e. The van der Waals surface area contributed by atoms with Crippen LogP contribution in [0.1, 0.15) is 19.8 Å². The third kappa shape index (κ3) is 4.32. The third-order valence-electron chi connectivity index (χ3n) is 3.88. The lowest BCUT2D eigenvalue weighted by molar-refractivity contribution is -0.121. The van der Waals surface area contributed by atoms with E-state index in [9.17, 15) is 4.79 Å². The summed E-state index contributed by atoms with van der Waals surface area (Å²) in [5.41, 5.74) is 1.88. The molecule has 1 heterocycles. The molecule has 0 spiro atoms. The van der Waals surface area contributed by atoms with Crippen LogP contribution in [-0.4, -0.2) is 27.2 Å². The zero-order valence-corrected chi connectivity index (χ0v) is 14.4. The molecule has 3 rings (SSSR count). The molecule has 5 nitrogen and oxygen atoms in total. The van der Waals surface area contributed by atoms with Crippen LogP contribution in [0, 0.1) is 0 Å². The molecule has 0 radical (unpaired) electrons. The van der Waals surface area contributed by atoms with Gasteiger partial charge in [0, 0.05) is 17.7 Å². The number of benzene rings is 2. The standard InChI is InChI=1S/C20H22N4O/c1-2-3-14-21-18(25)15-24-20(17-12-8-5-9-13-17)22-19(23-24)16-10-6-4-7-11-16/h4-13H,2-3,14-15H2,1H3,(H,21,25). The predicted octanol–water partition coefficient (Wildman–Crippen LogP) is 3.53. The molecule has 1 aromatic heterocycles. The van der Waals surface area contributed by atoms with Gasteiger partial charge in [-0.25, -0.2) is 9.67 Å². The van der Waals surface area contributed by atoms with Crippen molar-refractivity contribution in [1.29, 1.82) is 0 Å². The number of nitrogens with one attached hydrogen (secondary N) is 1. The van der Waals surface area contributed by atoms with Gasteiger partial charge < -0.3 is 5.32 Å². The Morgan fingerprint density at radius 2 is 1.64 bits per heavy atom. The van der Waals surface area contributed by atoms with Crippen LogP contribution in [0.4, 0.5) is 0 Å². The zero-order valence-electron chi connectivity index (χ0n) is 14.4. The number of hydrogen-bond acceptors (Lipinski definition) is 3. The monoisotopic (exact) mass is 334 g/mol. The lowest BCUT2D eigenvalue weighted by Crippen LogP contribution is -2.29. The van der Waals surface area contributed by atoms with Gasteiger partial charge in [0.1, 0.15) is 6.54 Å². The second-order valence-electron chi connectivity index (χ2n) is 5.85. The van der Waals surface area contributed by atoms with E-state index in [-0.39, 0.29) is 12.5 Å². The molecule has 0 atom stereocenters. The van der Waals surface area contributed by atoms with Gasteiger partial charge in [-0.1, -0.05) is 74.0 Å². The fraction of sp³-hybridized carbons (Fsp3) is 0.250. The Bertz CT molecular complexity index is 812. The Morgan fingerprint density at radius 1 is 1.00 bits per heavy atom. The lowest BCUT2D eigenvalue weighted by Gasteiger charge is -2.07. The molecule has 1 N–H and O–H groups in total. The maximum absolute atomic E-state index is 12.2. The SMILES string of the molecule is CCCCNC(=O)Cn1nc(-c2ccccc2)nc1-c1ccccc1. The van der Waals surface area contributed by atoms with Crippen LogP contribution in [0.25, 0.3) is 22.8 Å². The number of carbonyl (C=O) groups excluding carboxylic acids is 1. The number of aromatic nitrogens is 3. The smallest absolute Gasteiger partial charge is 0.241 e. The van der Waals surface area contributed by atoms with E-state index in [4.69, 9.17) is 0 Å². The van der Waals surface area contributed by atoms with Crippen LogP contribution in [0.2, 0.25) is 0 Å². The van der Waals surface area contributed by atoms with E-state index in [2.05, 4.69) is 22.3 Å². The Morgan fingerprint density at radius 3 is 2.28 bits per heavy atom. The van der Waals surface area contributed by atoms with Crippen LogP contribution in [-0.2, 0) is 11.3 Å². The van der Waals surface area contributed by atoms with Gasteiger partial charge >= 0.3 is 0 Å². The van der Waals surface area contributed by atoms with E-state index >= 15 is 0 Å². The molecule has 0 saturated carbocycles. The molecule has 0 aliphatic carbocycles. The topological polar surface area (TPSA) is 59.8 Å². The summed E-state index contributed by atoms with van der Waals surface area (Å²) in [6.07, 6.45) is 2.03. The van der Waals surface area contributed by atoms with Gasteiger partial charge in [0.05, 0.1) is 0 Å². The average molecular weight is 334 g/mol. The van der Waals surface area contributed by atoms with Crippen molar-refractivity contribution in [3.05, 3.63) is 60.7 Å². The Kier molecular flexibility index (Phi) is 5.57. The molecule has 128 valence electrons. The van der Waals surface area contributed by atoms with Gasteiger partial charge in [-0.2, -0.15) is 0 Å². The van der Waals surface area contributed by atoms with E-state index in [1.165, 1.54) is 0 Å². The summed E-state index contributed by atoms with van der Waals surface area (Å²) in [6, 6.07) is 19.6. The molecule has 5 heteroatoms. The molecule has 25 heavy (non-hydrogen) atoms. The van der Waals surface area contributed by atoms with Crippen LogP contribution in [0.5, 0.6) is 0 Å². The molecule has 0 aliphatic rings. The van der Waals surface area contributed by atoms with Crippen molar-refractivity contribution in [2.75, 3.05) is 6.54 Å². The van der Waals surface area contributed by atoms with Crippen molar-refractivity contribution >= 4 is 5.91 Å². The highest BCUT2D eigenvalue weighted by Gasteiger charge is 2.15. The van der Waals surface area contributed by atoms with Gasteiger partial charge in [0.15, 0.2) is 11.6 Å². The van der Waals surface area contributed by atoms with Gasteiger partial charge in [-0.15, -0.1) is 5.10 Å². The first kappa shape index (κ1) is 16.9. The van der Waals surface area contributed by atoms with Crippen molar-refractivity contribution in [2.24, 2.45) is 0 Å². The number of amides is 1. The molecule has 0 fully saturated rings. The number of nitrogens with zero attached hydrogens (tertiary/aromatic N) is 3. The molecular formula is C20H22N4O. The lowest BCUT2D eigenvalue weighted by atomic mass is 10.2. The maximum atomic E-state index is 12.2. The fourth-order valence-corrected chi connectivity index (χ4v) is 2.56. The first-order chi connectivity index (χ1) is 12.3. The summed E-state index contributed by atoms with van der Waals surface area (Å²) >= 11 is 0. The van der Waals surface area contributed by atoms with Crippen LogP contribution in [0.3, 0.4) is 0 Å². The molecule has 2 aromatic carbocycles.